The molecule has 2 rings (SSSR count). The van der Waals surface area contributed by atoms with Crippen molar-refractivity contribution in [2.45, 2.75) is 58.3 Å². The number of aliphatic carboxylic acids is 1. The molecule has 2 N–H and O–H groups in total. The minimum Gasteiger partial charge on any atom is -0.491 e. The molecule has 0 amide bonds. The first-order chi connectivity index (χ1) is 11.0. The molecule has 1 aromatic rings. The predicted octanol–water partition coefficient (Wildman–Crippen LogP) is 2.50. The summed E-state index contributed by atoms with van der Waals surface area (Å²) in [6, 6.07) is 9.03. The van der Waals surface area contributed by atoms with E-state index in [1.165, 1.54) is 5.56 Å². The molecule has 1 aliphatic carbocycles. The molecule has 0 bridgehead atoms. The average Bonchev–Trinajstić information content (AvgIpc) is 2.43. The van der Waals surface area contributed by atoms with Crippen LogP contribution in [0.15, 0.2) is 24.3 Å². The Kier molecular flexibility index (Phi) is 6.42. The van der Waals surface area contributed by atoms with Crippen LogP contribution in [0.2, 0.25) is 0 Å². The maximum Gasteiger partial charge on any atom is 0.317 e. The Hall–Kier alpha value is -1.59. The molecule has 0 radical (unpaired) electrons. The Morgan fingerprint density at radius 1 is 1.43 bits per heavy atom. The lowest BCUT2D eigenvalue weighted by atomic mass is 9.85. The molecule has 0 spiro atoms. The Labute approximate surface area is 138 Å². The van der Waals surface area contributed by atoms with E-state index < -0.39 is 5.97 Å². The van der Waals surface area contributed by atoms with Crippen molar-refractivity contribution in [3.63, 3.8) is 0 Å². The smallest absolute Gasteiger partial charge is 0.317 e. The summed E-state index contributed by atoms with van der Waals surface area (Å²) in [6.07, 6.45) is 2.21. The van der Waals surface area contributed by atoms with Crippen molar-refractivity contribution in [1.82, 2.24) is 10.2 Å². The van der Waals surface area contributed by atoms with Gasteiger partial charge in [-0.2, -0.15) is 0 Å². The monoisotopic (exact) mass is 320 g/mol. The third-order valence-electron chi connectivity index (χ3n) is 4.24. The highest BCUT2D eigenvalue weighted by Gasteiger charge is 2.33. The second-order valence-corrected chi connectivity index (χ2v) is 6.47. The number of nitrogens with zero attached hydrogens (tertiary/aromatic N) is 1. The maximum absolute atomic E-state index is 10.8. The summed E-state index contributed by atoms with van der Waals surface area (Å²) >= 11 is 0. The number of hydrogen-bond donors (Lipinski definition) is 2. The van der Waals surface area contributed by atoms with Gasteiger partial charge in [0.15, 0.2) is 0 Å². The largest absolute Gasteiger partial charge is 0.491 e. The number of benzene rings is 1. The predicted molar refractivity (Wildman–Crippen MR) is 90.7 cm³/mol. The second kappa shape index (κ2) is 8.31. The molecule has 1 aliphatic rings. The van der Waals surface area contributed by atoms with Gasteiger partial charge in [-0.3, -0.25) is 9.69 Å². The lowest BCUT2D eigenvalue weighted by Crippen LogP contribution is -2.53. The minimum atomic E-state index is -0.745. The molecule has 1 aromatic carbocycles. The van der Waals surface area contributed by atoms with Crippen LogP contribution in [0.4, 0.5) is 0 Å². The van der Waals surface area contributed by atoms with Crippen molar-refractivity contribution in [1.29, 1.82) is 0 Å². The van der Waals surface area contributed by atoms with Crippen molar-refractivity contribution >= 4 is 5.97 Å². The topological polar surface area (TPSA) is 61.8 Å². The standard InChI is InChI=1S/C18H28N2O3/c1-4-20(12-18(21)22)16-9-15(10-16)19-11-14-6-5-7-17(8-14)23-13(2)3/h5-8,13,15-16,19H,4,9-12H2,1-3H3,(H,21,22). The molecule has 1 fully saturated rings. The summed E-state index contributed by atoms with van der Waals surface area (Å²) in [4.78, 5) is 12.9. The van der Waals surface area contributed by atoms with E-state index in [4.69, 9.17) is 9.84 Å². The van der Waals surface area contributed by atoms with Crippen molar-refractivity contribution in [3.05, 3.63) is 29.8 Å². The number of rotatable bonds is 9. The number of likely N-dealkylation sites (N-methyl/N-ethyl adjacent to an activating group) is 1. The summed E-state index contributed by atoms with van der Waals surface area (Å²) < 4.78 is 5.71. The van der Waals surface area contributed by atoms with Gasteiger partial charge in [0.1, 0.15) is 5.75 Å². The van der Waals surface area contributed by atoms with Gasteiger partial charge in [-0.25, -0.2) is 0 Å². The highest BCUT2D eigenvalue weighted by atomic mass is 16.5. The zero-order chi connectivity index (χ0) is 16.8. The van der Waals surface area contributed by atoms with E-state index in [9.17, 15) is 4.79 Å². The average molecular weight is 320 g/mol. The first kappa shape index (κ1) is 17.8. The lowest BCUT2D eigenvalue weighted by Gasteiger charge is -2.42. The summed E-state index contributed by atoms with van der Waals surface area (Å²) in [5.74, 6) is 0.162. The molecular weight excluding hydrogens is 292 g/mol. The van der Waals surface area contributed by atoms with Crippen LogP contribution in [0.1, 0.15) is 39.2 Å². The van der Waals surface area contributed by atoms with Crippen LogP contribution in [0, 0.1) is 0 Å². The van der Waals surface area contributed by atoms with Crippen molar-refractivity contribution in [2.24, 2.45) is 0 Å². The second-order valence-electron chi connectivity index (χ2n) is 6.47. The highest BCUT2D eigenvalue weighted by Crippen LogP contribution is 2.26. The van der Waals surface area contributed by atoms with Crippen LogP contribution in [0.5, 0.6) is 5.75 Å². The van der Waals surface area contributed by atoms with Gasteiger partial charge < -0.3 is 15.2 Å². The number of carboxylic acid groups (broad SMARTS) is 1. The zero-order valence-electron chi connectivity index (χ0n) is 14.3. The van der Waals surface area contributed by atoms with Gasteiger partial charge in [0, 0.05) is 18.6 Å². The Bertz CT molecular complexity index is 513. The Morgan fingerprint density at radius 2 is 2.17 bits per heavy atom. The van der Waals surface area contributed by atoms with Crippen LogP contribution < -0.4 is 10.1 Å². The Balaban J connectivity index is 1.75. The van der Waals surface area contributed by atoms with Gasteiger partial charge in [-0.1, -0.05) is 19.1 Å². The molecule has 1 saturated carbocycles. The van der Waals surface area contributed by atoms with Gasteiger partial charge in [0.05, 0.1) is 12.6 Å². The molecular formula is C18H28N2O3. The van der Waals surface area contributed by atoms with Crippen molar-refractivity contribution in [3.8, 4) is 5.75 Å². The van der Waals surface area contributed by atoms with E-state index in [0.717, 1.165) is 31.7 Å². The molecule has 23 heavy (non-hydrogen) atoms. The van der Waals surface area contributed by atoms with Gasteiger partial charge in [-0.15, -0.1) is 0 Å². The summed E-state index contributed by atoms with van der Waals surface area (Å²) in [5.41, 5.74) is 1.21. The van der Waals surface area contributed by atoms with Crippen molar-refractivity contribution < 1.29 is 14.6 Å². The van der Waals surface area contributed by atoms with E-state index in [0.29, 0.717) is 12.1 Å². The highest BCUT2D eigenvalue weighted by molar-refractivity contribution is 5.69. The van der Waals surface area contributed by atoms with Gasteiger partial charge in [0.25, 0.3) is 0 Å². The number of nitrogens with one attached hydrogen (secondary N) is 1. The van der Waals surface area contributed by atoms with Crippen LogP contribution in [0.25, 0.3) is 0 Å². The fourth-order valence-corrected chi connectivity index (χ4v) is 2.99. The van der Waals surface area contributed by atoms with Crippen LogP contribution in [-0.2, 0) is 11.3 Å². The number of ether oxygens (including phenoxy) is 1. The fraction of sp³-hybridized carbons (Fsp3) is 0.611. The molecule has 0 unspecified atom stereocenters. The van der Waals surface area contributed by atoms with E-state index in [2.05, 4.69) is 17.4 Å². The van der Waals surface area contributed by atoms with Gasteiger partial charge in [-0.05, 0) is 50.9 Å². The van der Waals surface area contributed by atoms with Crippen LogP contribution in [0.3, 0.4) is 0 Å². The molecule has 0 atom stereocenters. The molecule has 5 heteroatoms. The lowest BCUT2D eigenvalue weighted by molar-refractivity contribution is -0.139. The minimum absolute atomic E-state index is 0.141. The molecule has 0 aliphatic heterocycles. The number of carboxylic acids is 1. The SMILES string of the molecule is CCN(CC(=O)O)C1CC(NCc2cccc(OC(C)C)c2)C1. The van der Waals surface area contributed by atoms with E-state index in [1.54, 1.807) is 0 Å². The van der Waals surface area contributed by atoms with Gasteiger partial charge in [0.2, 0.25) is 0 Å². The third kappa shape index (κ3) is 5.52. The van der Waals surface area contributed by atoms with E-state index in [-0.39, 0.29) is 12.6 Å². The fourth-order valence-electron chi connectivity index (χ4n) is 2.99. The molecule has 0 saturated heterocycles. The van der Waals surface area contributed by atoms with Gasteiger partial charge >= 0.3 is 5.97 Å². The number of hydrogen-bond acceptors (Lipinski definition) is 4. The first-order valence-electron chi connectivity index (χ1n) is 8.42. The summed E-state index contributed by atoms with van der Waals surface area (Å²) in [5, 5.41) is 12.5. The first-order valence-corrected chi connectivity index (χ1v) is 8.42. The maximum atomic E-state index is 10.8. The summed E-state index contributed by atoms with van der Waals surface area (Å²) in [7, 11) is 0. The van der Waals surface area contributed by atoms with E-state index >= 15 is 0 Å². The molecule has 0 heterocycles. The zero-order valence-corrected chi connectivity index (χ0v) is 14.3. The normalized spacial score (nSPS) is 20.6. The molecule has 128 valence electrons. The molecule has 5 nitrogen and oxygen atoms in total. The van der Waals surface area contributed by atoms with Crippen LogP contribution in [-0.4, -0.2) is 47.3 Å². The Morgan fingerprint density at radius 3 is 2.78 bits per heavy atom. The number of carbonyl (C=O) groups is 1. The summed E-state index contributed by atoms with van der Waals surface area (Å²) in [6.45, 7) is 7.81. The third-order valence-corrected chi connectivity index (χ3v) is 4.24. The van der Waals surface area contributed by atoms with E-state index in [1.807, 2.05) is 37.8 Å². The quantitative estimate of drug-likeness (QED) is 0.732. The molecule has 0 aromatic heterocycles. The van der Waals surface area contributed by atoms with Crippen molar-refractivity contribution in [2.75, 3.05) is 13.1 Å². The van der Waals surface area contributed by atoms with Crippen LogP contribution >= 0.6 is 0 Å².